The summed E-state index contributed by atoms with van der Waals surface area (Å²) >= 11 is 0. The Kier molecular flexibility index (Phi) is 5.22. The third-order valence-electron chi connectivity index (χ3n) is 4.12. The molecule has 11 heteroatoms. The van der Waals surface area contributed by atoms with Crippen LogP contribution in [0.5, 0.6) is 0 Å². The number of rotatable bonds is 6. The van der Waals surface area contributed by atoms with Gasteiger partial charge in [-0.1, -0.05) is 6.07 Å². The van der Waals surface area contributed by atoms with Crippen LogP contribution >= 0.6 is 0 Å². The molecule has 0 saturated heterocycles. The van der Waals surface area contributed by atoms with E-state index in [0.717, 1.165) is 6.07 Å². The zero-order valence-electron chi connectivity index (χ0n) is 15.1. The van der Waals surface area contributed by atoms with Gasteiger partial charge in [-0.2, -0.15) is 0 Å². The highest BCUT2D eigenvalue weighted by molar-refractivity contribution is 7.93. The first kappa shape index (κ1) is 20.6. The second-order valence-corrected chi connectivity index (χ2v) is 9.44. The highest BCUT2D eigenvalue weighted by atomic mass is 32.2. The lowest BCUT2D eigenvalue weighted by Crippen LogP contribution is -2.16. The second kappa shape index (κ2) is 7.35. The van der Waals surface area contributed by atoms with Gasteiger partial charge in [0, 0.05) is 17.6 Å². The third kappa shape index (κ3) is 4.31. The van der Waals surface area contributed by atoms with E-state index >= 15 is 0 Å². The first-order chi connectivity index (χ1) is 13.5. The molecule has 0 atom stereocenters. The van der Waals surface area contributed by atoms with Crippen molar-refractivity contribution >= 4 is 31.7 Å². The lowest BCUT2D eigenvalue weighted by Gasteiger charge is -2.13. The molecule has 29 heavy (non-hydrogen) atoms. The number of nitrogens with two attached hydrogens (primary N) is 1. The Balaban J connectivity index is 1.94. The van der Waals surface area contributed by atoms with E-state index in [1.54, 1.807) is 31.3 Å². The highest BCUT2D eigenvalue weighted by Crippen LogP contribution is 2.24. The fourth-order valence-corrected chi connectivity index (χ4v) is 4.52. The Hall–Kier alpha value is -3.15. The molecule has 0 aliphatic heterocycles. The quantitative estimate of drug-likeness (QED) is 0.539. The van der Waals surface area contributed by atoms with E-state index in [-0.39, 0.29) is 21.2 Å². The van der Waals surface area contributed by atoms with Gasteiger partial charge in [0.1, 0.15) is 5.69 Å². The number of carboxylic acid groups (broad SMARTS) is 1. The Morgan fingerprint density at radius 1 is 1.00 bits per heavy atom. The molecule has 9 nitrogen and oxygen atoms in total. The van der Waals surface area contributed by atoms with Crippen molar-refractivity contribution in [2.24, 2.45) is 5.14 Å². The van der Waals surface area contributed by atoms with Crippen LogP contribution in [0.25, 0.3) is 5.69 Å². The highest BCUT2D eigenvalue weighted by Gasteiger charge is 2.18. The molecule has 0 saturated carbocycles. The smallest absolute Gasteiger partial charge is 0.352 e. The van der Waals surface area contributed by atoms with Crippen LogP contribution in [0.4, 0.5) is 5.69 Å². The van der Waals surface area contributed by atoms with Crippen LogP contribution < -0.4 is 9.86 Å². The van der Waals surface area contributed by atoms with Crippen LogP contribution in [0.3, 0.4) is 0 Å². The zero-order valence-corrected chi connectivity index (χ0v) is 16.7. The van der Waals surface area contributed by atoms with E-state index in [1.165, 1.54) is 34.9 Å². The minimum atomic E-state index is -4.07. The molecule has 4 N–H and O–H groups in total. The average molecular weight is 435 g/mol. The van der Waals surface area contributed by atoms with Gasteiger partial charge < -0.3 is 9.67 Å². The first-order valence-electron chi connectivity index (χ1n) is 8.16. The van der Waals surface area contributed by atoms with Gasteiger partial charge in [-0.05, 0) is 61.0 Å². The number of carboxylic acids is 1. The minimum Gasteiger partial charge on any atom is -0.477 e. The Morgan fingerprint density at radius 2 is 1.69 bits per heavy atom. The van der Waals surface area contributed by atoms with Crippen molar-refractivity contribution in [2.75, 3.05) is 4.72 Å². The van der Waals surface area contributed by atoms with E-state index in [4.69, 9.17) is 5.14 Å². The molecule has 0 radical (unpaired) electrons. The number of primary sulfonamides is 1. The van der Waals surface area contributed by atoms with E-state index in [0.29, 0.717) is 11.3 Å². The molecular weight excluding hydrogens is 418 g/mol. The third-order valence-corrected chi connectivity index (χ3v) is 6.41. The predicted octanol–water partition coefficient (Wildman–Crippen LogP) is 1.93. The van der Waals surface area contributed by atoms with Crippen molar-refractivity contribution in [2.45, 2.75) is 16.7 Å². The van der Waals surface area contributed by atoms with Crippen LogP contribution in [-0.2, 0) is 20.0 Å². The van der Waals surface area contributed by atoms with E-state index < -0.39 is 26.0 Å². The molecule has 0 fully saturated rings. The number of aryl methyl sites for hydroxylation is 1. The number of hydrogen-bond donors (Lipinski definition) is 3. The Bertz CT molecular complexity index is 1310. The number of aromatic nitrogens is 1. The number of nitrogens with one attached hydrogen (secondary N) is 1. The molecule has 3 rings (SSSR count). The van der Waals surface area contributed by atoms with Crippen LogP contribution in [-0.4, -0.2) is 32.5 Å². The summed E-state index contributed by atoms with van der Waals surface area (Å²) in [7, 11) is -8.12. The van der Waals surface area contributed by atoms with Gasteiger partial charge in [0.05, 0.1) is 9.79 Å². The molecular formula is C18H17N3O6S2. The lowest BCUT2D eigenvalue weighted by molar-refractivity contribution is 0.0688. The lowest BCUT2D eigenvalue weighted by atomic mass is 10.1. The maximum atomic E-state index is 12.6. The summed E-state index contributed by atoms with van der Waals surface area (Å²) in [4.78, 5) is 10.7. The molecule has 3 aromatic rings. The molecule has 0 unspecified atom stereocenters. The molecule has 2 aromatic carbocycles. The van der Waals surface area contributed by atoms with Crippen molar-refractivity contribution in [1.82, 2.24) is 4.57 Å². The fraction of sp³-hybridized carbons (Fsp3) is 0.0556. The van der Waals surface area contributed by atoms with Gasteiger partial charge in [-0.3, -0.25) is 4.72 Å². The Labute approximate surface area is 167 Å². The van der Waals surface area contributed by atoms with Crippen molar-refractivity contribution in [3.05, 3.63) is 72.1 Å². The van der Waals surface area contributed by atoms with Crippen molar-refractivity contribution in [1.29, 1.82) is 0 Å². The number of nitrogens with zero attached hydrogens (tertiary/aromatic N) is 1. The van der Waals surface area contributed by atoms with Gasteiger partial charge in [0.2, 0.25) is 10.0 Å². The van der Waals surface area contributed by atoms with Gasteiger partial charge >= 0.3 is 5.97 Å². The summed E-state index contributed by atoms with van der Waals surface area (Å²) < 4.78 is 52.0. The summed E-state index contributed by atoms with van der Waals surface area (Å²) in [6.07, 6.45) is 1.59. The van der Waals surface area contributed by atoms with Crippen LogP contribution in [0, 0.1) is 6.92 Å². The average Bonchev–Trinajstić information content (AvgIpc) is 3.10. The monoisotopic (exact) mass is 435 g/mol. The summed E-state index contributed by atoms with van der Waals surface area (Å²) in [5, 5.41) is 14.3. The van der Waals surface area contributed by atoms with Gasteiger partial charge in [-0.15, -0.1) is 0 Å². The molecule has 0 bridgehead atoms. The van der Waals surface area contributed by atoms with Crippen molar-refractivity contribution in [3.63, 3.8) is 0 Å². The SMILES string of the molecule is Cc1cc(NS(=O)(=O)c2cccc(S(N)(=O)=O)c2)ccc1-n1cccc1C(=O)O. The summed E-state index contributed by atoms with van der Waals surface area (Å²) in [6, 6.07) is 12.4. The molecule has 0 amide bonds. The minimum absolute atomic E-state index is 0.0706. The molecule has 0 aliphatic rings. The molecule has 0 aliphatic carbocycles. The Morgan fingerprint density at radius 3 is 2.31 bits per heavy atom. The number of aromatic carboxylic acids is 1. The van der Waals surface area contributed by atoms with Gasteiger partial charge in [0.15, 0.2) is 0 Å². The van der Waals surface area contributed by atoms with Crippen LogP contribution in [0.15, 0.2) is 70.6 Å². The van der Waals surface area contributed by atoms with E-state index in [9.17, 15) is 26.7 Å². The normalized spacial score (nSPS) is 11.9. The second-order valence-electron chi connectivity index (χ2n) is 6.20. The standard InChI is InChI=1S/C18H17N3O6S2/c1-12-10-13(7-8-16(12)21-9-3-6-17(21)18(22)23)20-29(26,27)15-5-2-4-14(11-15)28(19,24)25/h2-11,20H,1H3,(H,22,23)(H2,19,24,25). The maximum absolute atomic E-state index is 12.6. The first-order valence-corrected chi connectivity index (χ1v) is 11.2. The zero-order chi connectivity index (χ0) is 21.4. The van der Waals surface area contributed by atoms with Gasteiger partial charge in [-0.25, -0.2) is 26.8 Å². The maximum Gasteiger partial charge on any atom is 0.352 e. The summed E-state index contributed by atoms with van der Waals surface area (Å²) in [5.74, 6) is -1.09. The van der Waals surface area contributed by atoms with E-state index in [1.807, 2.05) is 0 Å². The number of hydrogen-bond acceptors (Lipinski definition) is 5. The van der Waals surface area contributed by atoms with Crippen molar-refractivity contribution < 1.29 is 26.7 Å². The number of sulfonamides is 2. The molecule has 152 valence electrons. The molecule has 1 aromatic heterocycles. The predicted molar refractivity (Wildman–Crippen MR) is 106 cm³/mol. The van der Waals surface area contributed by atoms with E-state index in [2.05, 4.69) is 4.72 Å². The summed E-state index contributed by atoms with van der Waals surface area (Å²) in [5.41, 5.74) is 1.51. The van der Waals surface area contributed by atoms with Gasteiger partial charge in [0.25, 0.3) is 10.0 Å². The van der Waals surface area contributed by atoms with Crippen LogP contribution in [0.1, 0.15) is 16.1 Å². The van der Waals surface area contributed by atoms with Crippen LogP contribution in [0.2, 0.25) is 0 Å². The number of carbonyl (C=O) groups is 1. The fourth-order valence-electron chi connectivity index (χ4n) is 2.79. The van der Waals surface area contributed by atoms with Crippen molar-refractivity contribution in [3.8, 4) is 5.69 Å². The topological polar surface area (TPSA) is 149 Å². The largest absolute Gasteiger partial charge is 0.477 e. The number of anilines is 1. The molecule has 0 spiro atoms. The number of benzene rings is 2. The summed E-state index contributed by atoms with van der Waals surface area (Å²) in [6.45, 7) is 1.71. The molecule has 1 heterocycles.